The van der Waals surface area contributed by atoms with E-state index in [4.69, 9.17) is 11.6 Å². The summed E-state index contributed by atoms with van der Waals surface area (Å²) < 4.78 is 0. The van der Waals surface area contributed by atoms with Crippen LogP contribution in [0.3, 0.4) is 0 Å². The molecule has 2 aromatic rings. The Balaban J connectivity index is 1.87. The van der Waals surface area contributed by atoms with Gasteiger partial charge in [-0.2, -0.15) is 0 Å². The van der Waals surface area contributed by atoms with E-state index in [2.05, 4.69) is 20.6 Å². The fourth-order valence-corrected chi connectivity index (χ4v) is 2.72. The molecule has 1 aromatic carbocycles. The summed E-state index contributed by atoms with van der Waals surface area (Å²) in [6, 6.07) is 3.66. The first-order valence-corrected chi connectivity index (χ1v) is 7.08. The lowest BCUT2D eigenvalue weighted by atomic mass is 10.1. The zero-order valence-corrected chi connectivity index (χ0v) is 12.5. The number of amides is 1. The molecule has 1 amide bonds. The number of anilines is 2. The van der Waals surface area contributed by atoms with Crippen LogP contribution in [-0.4, -0.2) is 15.9 Å². The molecule has 0 saturated heterocycles. The van der Waals surface area contributed by atoms with E-state index in [0.29, 0.717) is 11.4 Å². The summed E-state index contributed by atoms with van der Waals surface area (Å²) in [6.07, 6.45) is 3.73. The smallest absolute Gasteiger partial charge is 0.228 e. The summed E-state index contributed by atoms with van der Waals surface area (Å²) in [5, 5.41) is 6.70. The van der Waals surface area contributed by atoms with Gasteiger partial charge < -0.3 is 10.6 Å². The van der Waals surface area contributed by atoms with Crippen LogP contribution < -0.4 is 10.6 Å². The van der Waals surface area contributed by atoms with Gasteiger partial charge in [0.05, 0.1) is 34.6 Å². The first-order chi connectivity index (χ1) is 10.0. The quantitative estimate of drug-likeness (QED) is 0.914. The number of benzene rings is 1. The van der Waals surface area contributed by atoms with E-state index in [-0.39, 0.29) is 11.9 Å². The van der Waals surface area contributed by atoms with Gasteiger partial charge in [-0.3, -0.25) is 14.8 Å². The molecule has 1 aromatic heterocycles. The van der Waals surface area contributed by atoms with Crippen molar-refractivity contribution in [2.75, 3.05) is 10.6 Å². The van der Waals surface area contributed by atoms with E-state index in [9.17, 15) is 4.79 Å². The number of hydrogen-bond acceptors (Lipinski definition) is 4. The molecule has 0 aliphatic carbocycles. The minimum atomic E-state index is -0.0284. The number of nitrogens with one attached hydrogen (secondary N) is 2. The van der Waals surface area contributed by atoms with E-state index in [1.807, 2.05) is 19.9 Å². The maximum atomic E-state index is 11.4. The third kappa shape index (κ3) is 2.69. The molecule has 0 spiro atoms. The Labute approximate surface area is 127 Å². The number of hydrogen-bond donors (Lipinski definition) is 2. The highest BCUT2D eigenvalue weighted by molar-refractivity contribution is 6.33. The van der Waals surface area contributed by atoms with Gasteiger partial charge in [-0.25, -0.2) is 0 Å². The Hall–Kier alpha value is -2.14. The zero-order valence-electron chi connectivity index (χ0n) is 11.8. The molecule has 1 unspecified atom stereocenters. The molecule has 0 radical (unpaired) electrons. The minimum absolute atomic E-state index is 0.00367. The van der Waals surface area contributed by atoms with Gasteiger partial charge >= 0.3 is 0 Å². The summed E-state index contributed by atoms with van der Waals surface area (Å²) in [5.74, 6) is -0.00367. The van der Waals surface area contributed by atoms with Gasteiger partial charge in [-0.1, -0.05) is 11.6 Å². The van der Waals surface area contributed by atoms with Crippen molar-refractivity contribution in [1.29, 1.82) is 0 Å². The fourth-order valence-electron chi connectivity index (χ4n) is 2.50. The number of rotatable bonds is 3. The highest BCUT2D eigenvalue weighted by atomic mass is 35.5. The number of fused-ring (bicyclic) bond motifs is 1. The molecule has 6 heteroatoms. The molecule has 108 valence electrons. The van der Waals surface area contributed by atoms with E-state index < -0.39 is 0 Å². The van der Waals surface area contributed by atoms with Crippen molar-refractivity contribution in [3.63, 3.8) is 0 Å². The predicted molar refractivity (Wildman–Crippen MR) is 82.6 cm³/mol. The number of carbonyl (C=O) groups is 1. The first kappa shape index (κ1) is 13.8. The largest absolute Gasteiger partial charge is 0.376 e. The Bertz CT molecular complexity index is 717. The number of aromatic nitrogens is 2. The van der Waals surface area contributed by atoms with Crippen LogP contribution in [0.15, 0.2) is 24.5 Å². The van der Waals surface area contributed by atoms with Crippen LogP contribution in [0.25, 0.3) is 0 Å². The lowest BCUT2D eigenvalue weighted by Gasteiger charge is -2.18. The second-order valence-corrected chi connectivity index (χ2v) is 5.51. The number of carbonyl (C=O) groups excluding carboxylic acids is 1. The summed E-state index contributed by atoms with van der Waals surface area (Å²) in [4.78, 5) is 20.0. The normalized spacial score (nSPS) is 14.5. The maximum absolute atomic E-state index is 11.4. The molecular weight excluding hydrogens is 288 g/mol. The third-order valence-electron chi connectivity index (χ3n) is 3.52. The summed E-state index contributed by atoms with van der Waals surface area (Å²) in [5.41, 5.74) is 4.30. The van der Waals surface area contributed by atoms with Crippen molar-refractivity contribution in [3.05, 3.63) is 46.5 Å². The van der Waals surface area contributed by atoms with Crippen LogP contribution in [0, 0.1) is 6.92 Å². The molecule has 1 atom stereocenters. The molecule has 1 aliphatic heterocycles. The average molecular weight is 303 g/mol. The van der Waals surface area contributed by atoms with Crippen LogP contribution in [0.1, 0.15) is 29.9 Å². The SMILES string of the molecule is Cc1nccnc1C(C)Nc1cc2c(cc1Cl)NC(=O)C2. The zero-order chi connectivity index (χ0) is 15.0. The summed E-state index contributed by atoms with van der Waals surface area (Å²) in [7, 11) is 0. The Morgan fingerprint density at radius 1 is 1.33 bits per heavy atom. The van der Waals surface area contributed by atoms with Gasteiger partial charge in [-0.15, -0.1) is 0 Å². The van der Waals surface area contributed by atoms with Crippen molar-refractivity contribution in [2.45, 2.75) is 26.3 Å². The van der Waals surface area contributed by atoms with Gasteiger partial charge in [0.1, 0.15) is 0 Å². The van der Waals surface area contributed by atoms with Gasteiger partial charge in [0.15, 0.2) is 0 Å². The maximum Gasteiger partial charge on any atom is 0.228 e. The highest BCUT2D eigenvalue weighted by Gasteiger charge is 2.20. The number of nitrogens with zero attached hydrogens (tertiary/aromatic N) is 2. The van der Waals surface area contributed by atoms with Gasteiger partial charge in [0.25, 0.3) is 0 Å². The Morgan fingerprint density at radius 2 is 2.10 bits per heavy atom. The standard InChI is InChI=1S/C15H15ClN4O/c1-8-15(18-4-3-17-8)9(2)19-13-5-10-6-14(21)20-12(10)7-11(13)16/h3-5,7,9,19H,6H2,1-2H3,(H,20,21). The second kappa shape index (κ2) is 5.33. The molecule has 0 fully saturated rings. The molecule has 1 aliphatic rings. The van der Waals surface area contributed by atoms with Crippen LogP contribution in [0.4, 0.5) is 11.4 Å². The van der Waals surface area contributed by atoms with Crippen molar-refractivity contribution in [1.82, 2.24) is 9.97 Å². The minimum Gasteiger partial charge on any atom is -0.376 e. The molecule has 5 nitrogen and oxygen atoms in total. The van der Waals surface area contributed by atoms with Crippen molar-refractivity contribution >= 4 is 28.9 Å². The number of halogens is 1. The molecule has 3 rings (SSSR count). The van der Waals surface area contributed by atoms with Crippen molar-refractivity contribution in [3.8, 4) is 0 Å². The highest BCUT2D eigenvalue weighted by Crippen LogP contribution is 2.34. The summed E-state index contributed by atoms with van der Waals surface area (Å²) in [6.45, 7) is 3.93. The van der Waals surface area contributed by atoms with Crippen LogP contribution in [0.5, 0.6) is 0 Å². The van der Waals surface area contributed by atoms with Gasteiger partial charge in [-0.05, 0) is 31.5 Å². The van der Waals surface area contributed by atoms with Crippen LogP contribution in [-0.2, 0) is 11.2 Å². The molecule has 0 bridgehead atoms. The fraction of sp³-hybridized carbons (Fsp3) is 0.267. The van der Waals surface area contributed by atoms with E-state index in [1.165, 1.54) is 0 Å². The monoisotopic (exact) mass is 302 g/mol. The number of aryl methyl sites for hydroxylation is 1. The lowest BCUT2D eigenvalue weighted by molar-refractivity contribution is -0.115. The Morgan fingerprint density at radius 3 is 2.86 bits per heavy atom. The van der Waals surface area contributed by atoms with Crippen molar-refractivity contribution < 1.29 is 4.79 Å². The van der Waals surface area contributed by atoms with Crippen molar-refractivity contribution in [2.24, 2.45) is 0 Å². The van der Waals surface area contributed by atoms with Crippen LogP contribution >= 0.6 is 11.6 Å². The predicted octanol–water partition coefficient (Wildman–Crippen LogP) is 3.11. The van der Waals surface area contributed by atoms with E-state index in [0.717, 1.165) is 28.3 Å². The van der Waals surface area contributed by atoms with E-state index in [1.54, 1.807) is 18.5 Å². The second-order valence-electron chi connectivity index (χ2n) is 5.11. The third-order valence-corrected chi connectivity index (χ3v) is 3.83. The summed E-state index contributed by atoms with van der Waals surface area (Å²) >= 11 is 6.28. The lowest BCUT2D eigenvalue weighted by Crippen LogP contribution is -2.11. The van der Waals surface area contributed by atoms with E-state index >= 15 is 0 Å². The van der Waals surface area contributed by atoms with Gasteiger partial charge in [0.2, 0.25) is 5.91 Å². The molecule has 21 heavy (non-hydrogen) atoms. The molecular formula is C15H15ClN4O. The Kier molecular flexibility index (Phi) is 3.51. The molecule has 0 saturated carbocycles. The topological polar surface area (TPSA) is 66.9 Å². The van der Waals surface area contributed by atoms with Gasteiger partial charge in [0, 0.05) is 18.1 Å². The average Bonchev–Trinajstić information content (AvgIpc) is 2.78. The molecule has 2 heterocycles. The van der Waals surface area contributed by atoms with Crippen LogP contribution in [0.2, 0.25) is 5.02 Å². The molecule has 2 N–H and O–H groups in total. The first-order valence-electron chi connectivity index (χ1n) is 6.71.